The summed E-state index contributed by atoms with van der Waals surface area (Å²) in [5.41, 5.74) is 3.32. The van der Waals surface area contributed by atoms with Gasteiger partial charge in [0.1, 0.15) is 5.75 Å². The number of benzene rings is 2. The number of nitrogens with zero attached hydrogens (tertiary/aromatic N) is 2. The van der Waals surface area contributed by atoms with Gasteiger partial charge in [-0.1, -0.05) is 30.3 Å². The number of methoxy groups -OCH3 is 1. The fraction of sp³-hybridized carbons (Fsp3) is 0.381. The molecule has 138 valence electrons. The monoisotopic (exact) mass is 354 g/mol. The molecule has 2 aliphatic rings. The summed E-state index contributed by atoms with van der Waals surface area (Å²) >= 11 is 0. The molecule has 0 aliphatic carbocycles. The molecule has 5 heteroatoms. The summed E-state index contributed by atoms with van der Waals surface area (Å²) in [4.78, 5) is 13.4. The van der Waals surface area contributed by atoms with Crippen LogP contribution in [0.1, 0.15) is 5.56 Å². The van der Waals surface area contributed by atoms with Gasteiger partial charge in [-0.3, -0.25) is 4.79 Å². The van der Waals surface area contributed by atoms with Gasteiger partial charge in [0.2, 0.25) is 0 Å². The zero-order valence-electron chi connectivity index (χ0n) is 15.2. The molecule has 2 fully saturated rings. The van der Waals surface area contributed by atoms with E-state index in [9.17, 15) is 0 Å². The number of anilines is 1. The Morgan fingerprint density at radius 3 is 2.23 bits per heavy atom. The van der Waals surface area contributed by atoms with Crippen LogP contribution in [0.4, 0.5) is 5.69 Å². The lowest BCUT2D eigenvalue weighted by Gasteiger charge is -2.61. The van der Waals surface area contributed by atoms with E-state index >= 15 is 0 Å². The Balaban J connectivity index is 0.000000613. The Morgan fingerprint density at radius 2 is 1.65 bits per heavy atom. The number of likely N-dealkylation sites (tertiary alicyclic amines) is 1. The summed E-state index contributed by atoms with van der Waals surface area (Å²) in [6.07, 6.45) is 1.17. The Labute approximate surface area is 154 Å². The van der Waals surface area contributed by atoms with Gasteiger partial charge < -0.3 is 19.6 Å². The van der Waals surface area contributed by atoms with E-state index in [0.29, 0.717) is 5.41 Å². The highest BCUT2D eigenvalue weighted by Crippen LogP contribution is 2.42. The Morgan fingerprint density at radius 1 is 1.04 bits per heavy atom. The van der Waals surface area contributed by atoms with Crippen LogP contribution in [-0.2, 0) is 11.2 Å². The third-order valence-corrected chi connectivity index (χ3v) is 5.17. The van der Waals surface area contributed by atoms with E-state index in [-0.39, 0.29) is 6.47 Å². The quantitative estimate of drug-likeness (QED) is 0.837. The summed E-state index contributed by atoms with van der Waals surface area (Å²) in [6.45, 7) is 5.84. The average molecular weight is 354 g/mol. The molecule has 1 spiro atoms. The molecular weight excluding hydrogens is 328 g/mol. The van der Waals surface area contributed by atoms with Crippen molar-refractivity contribution in [1.29, 1.82) is 0 Å². The first-order valence-corrected chi connectivity index (χ1v) is 8.91. The van der Waals surface area contributed by atoms with Crippen LogP contribution in [-0.4, -0.2) is 56.3 Å². The molecule has 0 saturated carbocycles. The zero-order valence-corrected chi connectivity index (χ0v) is 15.2. The number of ether oxygens (including phenoxy) is 1. The molecule has 0 radical (unpaired) electrons. The van der Waals surface area contributed by atoms with Crippen molar-refractivity contribution in [3.8, 4) is 5.75 Å². The Hall–Kier alpha value is -2.53. The molecule has 0 atom stereocenters. The maximum Gasteiger partial charge on any atom is 0.290 e. The van der Waals surface area contributed by atoms with Crippen LogP contribution in [0.2, 0.25) is 0 Å². The molecule has 0 aromatic heterocycles. The van der Waals surface area contributed by atoms with Crippen molar-refractivity contribution in [3.63, 3.8) is 0 Å². The smallest absolute Gasteiger partial charge is 0.290 e. The second-order valence-electron chi connectivity index (χ2n) is 7.11. The van der Waals surface area contributed by atoms with Gasteiger partial charge in [0.05, 0.1) is 7.11 Å². The maximum atomic E-state index is 8.36. The van der Waals surface area contributed by atoms with Crippen molar-refractivity contribution in [2.24, 2.45) is 5.41 Å². The molecule has 2 heterocycles. The highest BCUT2D eigenvalue weighted by molar-refractivity contribution is 5.52. The molecule has 5 nitrogen and oxygen atoms in total. The summed E-state index contributed by atoms with van der Waals surface area (Å²) in [5.74, 6) is 0.930. The van der Waals surface area contributed by atoms with Crippen LogP contribution in [0.15, 0.2) is 54.6 Å². The minimum Gasteiger partial charge on any atom is -0.497 e. The standard InChI is InChI=1S/C20H24N2O.CH2O2/c1-23-19-9-7-18(8-10-19)22-15-20(16-22)13-21(14-20)12-11-17-5-3-2-4-6-17;2-1-3/h2-10H,11-16H2,1H3;1H,(H,2,3). The second-order valence-corrected chi connectivity index (χ2v) is 7.11. The van der Waals surface area contributed by atoms with Gasteiger partial charge in [0.15, 0.2) is 0 Å². The van der Waals surface area contributed by atoms with Crippen molar-refractivity contribution in [3.05, 3.63) is 60.2 Å². The summed E-state index contributed by atoms with van der Waals surface area (Å²) in [7, 11) is 1.71. The van der Waals surface area contributed by atoms with Crippen molar-refractivity contribution in [2.45, 2.75) is 6.42 Å². The number of hydrogen-bond acceptors (Lipinski definition) is 4. The predicted molar refractivity (Wildman–Crippen MR) is 103 cm³/mol. The van der Waals surface area contributed by atoms with Crippen LogP contribution in [0, 0.1) is 5.41 Å². The first kappa shape index (κ1) is 18.3. The maximum absolute atomic E-state index is 8.36. The minimum absolute atomic E-state index is 0.250. The van der Waals surface area contributed by atoms with Crippen LogP contribution < -0.4 is 9.64 Å². The van der Waals surface area contributed by atoms with E-state index in [2.05, 4.69) is 52.3 Å². The van der Waals surface area contributed by atoms with E-state index in [1.165, 1.54) is 50.4 Å². The highest BCUT2D eigenvalue weighted by atomic mass is 16.5. The molecule has 0 unspecified atom stereocenters. The number of rotatable bonds is 5. The highest BCUT2D eigenvalue weighted by Gasteiger charge is 2.51. The molecule has 2 aromatic carbocycles. The molecule has 26 heavy (non-hydrogen) atoms. The van der Waals surface area contributed by atoms with Crippen LogP contribution >= 0.6 is 0 Å². The van der Waals surface area contributed by atoms with Gasteiger partial charge in [-0.05, 0) is 36.2 Å². The van der Waals surface area contributed by atoms with Gasteiger partial charge in [0, 0.05) is 43.8 Å². The van der Waals surface area contributed by atoms with Crippen molar-refractivity contribution < 1.29 is 14.6 Å². The minimum atomic E-state index is -0.250. The molecule has 2 aromatic rings. The Bertz CT molecular complexity index is 689. The molecule has 0 amide bonds. The average Bonchev–Trinajstić information content (AvgIpc) is 2.61. The van der Waals surface area contributed by atoms with Crippen molar-refractivity contribution >= 4 is 12.2 Å². The van der Waals surface area contributed by atoms with Crippen molar-refractivity contribution in [1.82, 2.24) is 4.90 Å². The van der Waals surface area contributed by atoms with E-state index < -0.39 is 0 Å². The van der Waals surface area contributed by atoms with Gasteiger partial charge >= 0.3 is 0 Å². The molecule has 2 aliphatic heterocycles. The number of hydrogen-bond donors (Lipinski definition) is 1. The van der Waals surface area contributed by atoms with E-state index in [4.69, 9.17) is 14.6 Å². The van der Waals surface area contributed by atoms with Crippen LogP contribution in [0.3, 0.4) is 0 Å². The third kappa shape index (κ3) is 4.17. The van der Waals surface area contributed by atoms with Crippen molar-refractivity contribution in [2.75, 3.05) is 44.7 Å². The molecule has 4 rings (SSSR count). The van der Waals surface area contributed by atoms with Gasteiger partial charge in [-0.25, -0.2) is 0 Å². The van der Waals surface area contributed by atoms with Gasteiger partial charge in [0.25, 0.3) is 6.47 Å². The summed E-state index contributed by atoms with van der Waals surface area (Å²) < 4.78 is 5.23. The first-order chi connectivity index (χ1) is 12.7. The number of carbonyl (C=O) groups is 1. The van der Waals surface area contributed by atoms with E-state index in [1.807, 2.05) is 12.1 Å². The lowest BCUT2D eigenvalue weighted by atomic mass is 9.72. The predicted octanol–water partition coefficient (Wildman–Crippen LogP) is 2.76. The van der Waals surface area contributed by atoms with E-state index in [1.54, 1.807) is 7.11 Å². The lowest BCUT2D eigenvalue weighted by molar-refractivity contribution is -0.122. The first-order valence-electron chi connectivity index (χ1n) is 8.91. The van der Waals surface area contributed by atoms with E-state index in [0.717, 1.165) is 5.75 Å². The molecule has 1 N–H and O–H groups in total. The SMILES string of the molecule is COc1ccc(N2CC3(CN(CCc4ccccc4)C3)C2)cc1.O=CO. The summed E-state index contributed by atoms with van der Waals surface area (Å²) in [5, 5.41) is 6.89. The van der Waals surface area contributed by atoms with Crippen LogP contribution in [0.25, 0.3) is 0 Å². The molecule has 2 saturated heterocycles. The van der Waals surface area contributed by atoms with Gasteiger partial charge in [-0.2, -0.15) is 0 Å². The zero-order chi connectivity index (χ0) is 18.4. The summed E-state index contributed by atoms with van der Waals surface area (Å²) in [6, 6.07) is 19.2. The fourth-order valence-corrected chi connectivity index (χ4v) is 3.93. The largest absolute Gasteiger partial charge is 0.497 e. The number of carboxylic acid groups (broad SMARTS) is 1. The second kappa shape index (κ2) is 8.23. The molecule has 0 bridgehead atoms. The topological polar surface area (TPSA) is 53.0 Å². The van der Waals surface area contributed by atoms with Crippen LogP contribution in [0.5, 0.6) is 5.75 Å². The lowest BCUT2D eigenvalue weighted by Crippen LogP contribution is -2.72. The van der Waals surface area contributed by atoms with Gasteiger partial charge in [-0.15, -0.1) is 0 Å². The fourth-order valence-electron chi connectivity index (χ4n) is 3.93. The normalized spacial score (nSPS) is 17.5. The molecular formula is C21H26N2O3. The Kier molecular flexibility index (Phi) is 5.78. The third-order valence-electron chi connectivity index (χ3n) is 5.17.